The van der Waals surface area contributed by atoms with E-state index in [9.17, 15) is 13.2 Å². The largest absolute Gasteiger partial charge is 0.412 e. The van der Waals surface area contributed by atoms with Crippen LogP contribution < -0.4 is 5.32 Å². The zero-order valence-corrected chi connectivity index (χ0v) is 17.1. The maximum Gasteiger partial charge on any atom is 0.412 e. The Morgan fingerprint density at radius 2 is 1.79 bits per heavy atom. The van der Waals surface area contributed by atoms with Gasteiger partial charge in [0.25, 0.3) is 0 Å². The molecule has 29 heavy (non-hydrogen) atoms. The third-order valence-corrected chi connectivity index (χ3v) is 6.14. The number of H-pyrrole nitrogens is 1. The summed E-state index contributed by atoms with van der Waals surface area (Å²) in [5, 5.41) is 4.24. The lowest BCUT2D eigenvalue weighted by Gasteiger charge is -2.40. The second-order valence-electron chi connectivity index (χ2n) is 7.85. The fourth-order valence-electron chi connectivity index (χ4n) is 4.35. The Kier molecular flexibility index (Phi) is 5.38. The number of unbranched alkanes of at least 4 members (excludes halogenated alkanes) is 1. The van der Waals surface area contributed by atoms with Crippen LogP contribution in [0.15, 0.2) is 42.5 Å². The molecule has 1 aromatic heterocycles. The number of alkyl halides is 3. The van der Waals surface area contributed by atoms with Gasteiger partial charge in [-0.2, -0.15) is 13.2 Å². The molecule has 6 heteroatoms. The number of halogens is 4. The van der Waals surface area contributed by atoms with Gasteiger partial charge in [-0.1, -0.05) is 43.1 Å². The second kappa shape index (κ2) is 7.69. The number of hydrogen-bond acceptors (Lipinski definition) is 1. The Balaban J connectivity index is 1.83. The molecule has 2 heterocycles. The minimum absolute atomic E-state index is 0.184. The van der Waals surface area contributed by atoms with E-state index in [1.54, 1.807) is 24.3 Å². The highest BCUT2D eigenvalue weighted by Crippen LogP contribution is 2.46. The van der Waals surface area contributed by atoms with Crippen molar-refractivity contribution < 1.29 is 13.2 Å². The molecular weight excluding hydrogens is 397 g/mol. The van der Waals surface area contributed by atoms with Crippen LogP contribution in [0.1, 0.15) is 42.1 Å². The van der Waals surface area contributed by atoms with E-state index in [0.29, 0.717) is 17.0 Å². The van der Waals surface area contributed by atoms with Crippen molar-refractivity contribution in [3.63, 3.8) is 0 Å². The van der Waals surface area contributed by atoms with Crippen LogP contribution in [0, 0.1) is 0 Å². The van der Waals surface area contributed by atoms with Gasteiger partial charge in [-0.05, 0) is 60.2 Å². The van der Waals surface area contributed by atoms with Crippen LogP contribution in [0.2, 0.25) is 5.02 Å². The van der Waals surface area contributed by atoms with Crippen LogP contribution >= 0.6 is 11.6 Å². The molecule has 0 radical (unpaired) electrons. The van der Waals surface area contributed by atoms with Crippen molar-refractivity contribution in [2.45, 2.75) is 50.7 Å². The number of aryl methyl sites for hydroxylation is 1. The first-order valence-corrected chi connectivity index (χ1v) is 10.4. The van der Waals surface area contributed by atoms with E-state index in [-0.39, 0.29) is 18.7 Å². The predicted molar refractivity (Wildman–Crippen MR) is 112 cm³/mol. The summed E-state index contributed by atoms with van der Waals surface area (Å²) in [5.41, 5.74) is 1.42. The SMILES string of the molecule is CCCCc1ccc2[nH]c3c(c2c1)CCNC3(Cc1ccc(Cl)cc1)C(F)(F)F. The Labute approximate surface area is 173 Å². The minimum Gasteiger partial charge on any atom is -0.356 e. The van der Waals surface area contributed by atoms with Gasteiger partial charge in [-0.15, -0.1) is 0 Å². The second-order valence-corrected chi connectivity index (χ2v) is 8.28. The molecule has 2 nitrogen and oxygen atoms in total. The summed E-state index contributed by atoms with van der Waals surface area (Å²) < 4.78 is 43.5. The number of aromatic amines is 1. The first-order chi connectivity index (χ1) is 13.8. The Morgan fingerprint density at radius 1 is 1.07 bits per heavy atom. The van der Waals surface area contributed by atoms with Crippen molar-refractivity contribution in [3.8, 4) is 0 Å². The summed E-state index contributed by atoms with van der Waals surface area (Å²) in [6.07, 6.45) is -0.955. The molecule has 1 aliphatic rings. The van der Waals surface area contributed by atoms with Crippen molar-refractivity contribution in [2.24, 2.45) is 0 Å². The lowest BCUT2D eigenvalue weighted by molar-refractivity contribution is -0.203. The lowest BCUT2D eigenvalue weighted by Crippen LogP contribution is -2.58. The van der Waals surface area contributed by atoms with Crippen LogP contribution in [0.4, 0.5) is 13.2 Å². The van der Waals surface area contributed by atoms with Gasteiger partial charge in [0.15, 0.2) is 5.54 Å². The highest BCUT2D eigenvalue weighted by molar-refractivity contribution is 6.30. The Bertz CT molecular complexity index is 1010. The summed E-state index contributed by atoms with van der Waals surface area (Å²) >= 11 is 5.92. The third kappa shape index (κ3) is 3.66. The van der Waals surface area contributed by atoms with E-state index in [1.807, 2.05) is 12.1 Å². The molecule has 0 spiro atoms. The quantitative estimate of drug-likeness (QED) is 0.497. The zero-order valence-electron chi connectivity index (χ0n) is 16.3. The number of nitrogens with one attached hydrogen (secondary N) is 2. The molecule has 0 bridgehead atoms. The monoisotopic (exact) mass is 420 g/mol. The van der Waals surface area contributed by atoms with Crippen LogP contribution in [0.5, 0.6) is 0 Å². The highest BCUT2D eigenvalue weighted by Gasteiger charge is 2.58. The molecule has 2 aromatic carbocycles. The summed E-state index contributed by atoms with van der Waals surface area (Å²) in [6.45, 7) is 2.42. The van der Waals surface area contributed by atoms with E-state index >= 15 is 0 Å². The minimum atomic E-state index is -4.45. The molecule has 0 saturated carbocycles. The predicted octanol–water partition coefficient (Wildman–Crippen LogP) is 6.31. The number of aromatic nitrogens is 1. The number of benzene rings is 2. The van der Waals surface area contributed by atoms with Crippen molar-refractivity contribution in [2.75, 3.05) is 6.54 Å². The summed E-state index contributed by atoms with van der Waals surface area (Å²) in [7, 11) is 0. The molecule has 0 amide bonds. The maximum absolute atomic E-state index is 14.5. The van der Waals surface area contributed by atoms with Crippen LogP contribution in [0.25, 0.3) is 10.9 Å². The molecular formula is C23H24ClF3N2. The fourth-order valence-corrected chi connectivity index (χ4v) is 4.47. The number of fused-ring (bicyclic) bond motifs is 3. The zero-order chi connectivity index (χ0) is 20.6. The molecule has 0 fully saturated rings. The van der Waals surface area contributed by atoms with Crippen LogP contribution in [0.3, 0.4) is 0 Å². The normalized spacial score (nSPS) is 19.5. The average molecular weight is 421 g/mol. The third-order valence-electron chi connectivity index (χ3n) is 5.88. The molecule has 3 aromatic rings. The maximum atomic E-state index is 14.5. The Morgan fingerprint density at radius 3 is 2.48 bits per heavy atom. The summed E-state index contributed by atoms with van der Waals surface area (Å²) in [6, 6.07) is 12.6. The van der Waals surface area contributed by atoms with Gasteiger partial charge >= 0.3 is 6.18 Å². The average Bonchev–Trinajstić information content (AvgIpc) is 3.06. The van der Waals surface area contributed by atoms with Gasteiger partial charge in [0.2, 0.25) is 0 Å². The summed E-state index contributed by atoms with van der Waals surface area (Å²) in [5.74, 6) is 0. The van der Waals surface area contributed by atoms with Crippen molar-refractivity contribution in [3.05, 3.63) is 69.9 Å². The van der Waals surface area contributed by atoms with Gasteiger partial charge in [0, 0.05) is 34.6 Å². The van der Waals surface area contributed by atoms with Crippen LogP contribution in [-0.2, 0) is 24.8 Å². The molecule has 154 valence electrons. The first kappa shape index (κ1) is 20.3. The molecule has 4 rings (SSSR count). The summed E-state index contributed by atoms with van der Waals surface area (Å²) in [4.78, 5) is 3.12. The lowest BCUT2D eigenvalue weighted by atomic mass is 9.81. The molecule has 0 aliphatic carbocycles. The van der Waals surface area contributed by atoms with Gasteiger partial charge < -0.3 is 4.98 Å². The standard InChI is InChI=1S/C23H24ClF3N2/c1-2-3-4-15-7-10-20-19(13-15)18-11-12-28-22(21(18)29-20,23(25,26)27)14-16-5-8-17(24)9-6-16/h5-10,13,28-29H,2-4,11-12,14H2,1H3. The molecule has 1 unspecified atom stereocenters. The molecule has 1 aliphatic heterocycles. The van der Waals surface area contributed by atoms with Crippen molar-refractivity contribution in [1.82, 2.24) is 10.3 Å². The van der Waals surface area contributed by atoms with Gasteiger partial charge in [0.1, 0.15) is 0 Å². The Hall–Kier alpha value is -1.98. The number of hydrogen-bond donors (Lipinski definition) is 2. The molecule has 1 atom stereocenters. The van der Waals surface area contributed by atoms with Crippen molar-refractivity contribution in [1.29, 1.82) is 0 Å². The van der Waals surface area contributed by atoms with E-state index < -0.39 is 11.7 Å². The molecule has 2 N–H and O–H groups in total. The van der Waals surface area contributed by atoms with E-state index in [4.69, 9.17) is 11.6 Å². The van der Waals surface area contributed by atoms with E-state index in [0.717, 1.165) is 35.7 Å². The van der Waals surface area contributed by atoms with E-state index in [1.165, 1.54) is 5.56 Å². The van der Waals surface area contributed by atoms with Crippen molar-refractivity contribution >= 4 is 22.5 Å². The van der Waals surface area contributed by atoms with Gasteiger partial charge in [-0.25, -0.2) is 0 Å². The van der Waals surface area contributed by atoms with Gasteiger partial charge in [-0.3, -0.25) is 5.32 Å². The van der Waals surface area contributed by atoms with Gasteiger partial charge in [0.05, 0.1) is 0 Å². The number of rotatable bonds is 5. The first-order valence-electron chi connectivity index (χ1n) is 10.0. The smallest absolute Gasteiger partial charge is 0.356 e. The highest BCUT2D eigenvalue weighted by atomic mass is 35.5. The fraction of sp³-hybridized carbons (Fsp3) is 0.391. The topological polar surface area (TPSA) is 27.8 Å². The van der Waals surface area contributed by atoms with Crippen LogP contribution in [-0.4, -0.2) is 17.7 Å². The van der Waals surface area contributed by atoms with E-state index in [2.05, 4.69) is 23.3 Å². The molecule has 0 saturated heterocycles.